The summed E-state index contributed by atoms with van der Waals surface area (Å²) in [6.45, 7) is 5.63. The molecule has 29 heavy (non-hydrogen) atoms. The second-order valence-electron chi connectivity index (χ2n) is 7.67. The number of carbonyl (C=O) groups is 2. The third kappa shape index (κ3) is 3.74. The fourth-order valence-corrected chi connectivity index (χ4v) is 4.06. The molecule has 8 nitrogen and oxygen atoms in total. The number of fused-ring (bicyclic) bond motifs is 1. The number of likely N-dealkylation sites (tertiary alicyclic amines) is 1. The molecule has 1 fully saturated rings. The average Bonchev–Trinajstić information content (AvgIpc) is 3.34. The minimum atomic E-state index is -0.226. The van der Waals surface area contributed by atoms with Gasteiger partial charge < -0.3 is 14.6 Å². The molecule has 0 aromatic carbocycles. The Labute approximate surface area is 168 Å². The topological polar surface area (TPSA) is 93.3 Å². The van der Waals surface area contributed by atoms with Crippen LogP contribution in [-0.2, 0) is 7.05 Å². The lowest BCUT2D eigenvalue weighted by atomic mass is 9.96. The van der Waals surface area contributed by atoms with Gasteiger partial charge in [0.25, 0.3) is 11.8 Å². The molecule has 1 aliphatic rings. The highest BCUT2D eigenvalue weighted by molar-refractivity contribution is 6.06. The van der Waals surface area contributed by atoms with Crippen LogP contribution in [0.1, 0.15) is 45.1 Å². The summed E-state index contributed by atoms with van der Waals surface area (Å²) in [5.41, 5.74) is 2.98. The first-order valence-electron chi connectivity index (χ1n) is 9.86. The molecule has 0 saturated carbocycles. The van der Waals surface area contributed by atoms with E-state index in [1.807, 2.05) is 31.9 Å². The van der Waals surface area contributed by atoms with E-state index in [0.717, 1.165) is 35.3 Å². The Bertz CT molecular complexity index is 1050. The second-order valence-corrected chi connectivity index (χ2v) is 7.67. The highest BCUT2D eigenvalue weighted by Crippen LogP contribution is 2.25. The summed E-state index contributed by atoms with van der Waals surface area (Å²) >= 11 is 0. The fraction of sp³-hybridized carbons (Fsp3) is 0.429. The molecule has 1 aliphatic heterocycles. The summed E-state index contributed by atoms with van der Waals surface area (Å²) in [6.07, 6.45) is 3.36. The SMILES string of the molecule is Cc1cc(C(=O)N2CCCC(CNC(=O)c3ccco3)C2)c2c(C)nn(C)c2n1. The molecular weight excluding hydrogens is 370 g/mol. The van der Waals surface area contributed by atoms with E-state index in [1.165, 1.54) is 6.26 Å². The van der Waals surface area contributed by atoms with Crippen molar-refractivity contribution >= 4 is 22.8 Å². The molecule has 1 saturated heterocycles. The standard InChI is InChI=1S/C21H25N5O3/c1-13-10-16(18-14(2)24-25(3)19(18)23-13)21(28)26-8-4-6-15(12-26)11-22-20(27)17-7-5-9-29-17/h5,7,9-10,15H,4,6,8,11-12H2,1-3H3,(H,22,27). The van der Waals surface area contributed by atoms with Gasteiger partial charge in [0.2, 0.25) is 0 Å². The molecule has 3 aromatic rings. The highest BCUT2D eigenvalue weighted by atomic mass is 16.3. The average molecular weight is 395 g/mol. The van der Waals surface area contributed by atoms with Crippen LogP contribution < -0.4 is 5.32 Å². The summed E-state index contributed by atoms with van der Waals surface area (Å²) in [7, 11) is 1.84. The van der Waals surface area contributed by atoms with Gasteiger partial charge in [-0.1, -0.05) is 0 Å². The van der Waals surface area contributed by atoms with Crippen molar-refractivity contribution in [1.29, 1.82) is 0 Å². The van der Waals surface area contributed by atoms with Gasteiger partial charge in [-0.25, -0.2) is 4.98 Å². The lowest BCUT2D eigenvalue weighted by Gasteiger charge is -2.33. The van der Waals surface area contributed by atoms with Crippen LogP contribution in [0.2, 0.25) is 0 Å². The molecule has 1 N–H and O–H groups in total. The van der Waals surface area contributed by atoms with Gasteiger partial charge in [-0.05, 0) is 50.8 Å². The molecule has 1 atom stereocenters. The van der Waals surface area contributed by atoms with Gasteiger partial charge in [0.1, 0.15) is 0 Å². The Kier molecular flexibility index (Phi) is 5.08. The van der Waals surface area contributed by atoms with Crippen LogP contribution in [0.4, 0.5) is 0 Å². The zero-order chi connectivity index (χ0) is 20.5. The van der Waals surface area contributed by atoms with E-state index in [2.05, 4.69) is 15.4 Å². The number of nitrogens with zero attached hydrogens (tertiary/aromatic N) is 4. The van der Waals surface area contributed by atoms with Crippen LogP contribution in [0.3, 0.4) is 0 Å². The van der Waals surface area contributed by atoms with Gasteiger partial charge in [-0.2, -0.15) is 5.10 Å². The minimum Gasteiger partial charge on any atom is -0.459 e. The number of pyridine rings is 1. The number of hydrogen-bond donors (Lipinski definition) is 1. The largest absolute Gasteiger partial charge is 0.459 e. The summed E-state index contributed by atoms with van der Waals surface area (Å²) < 4.78 is 6.85. The molecule has 0 bridgehead atoms. The van der Waals surface area contributed by atoms with Crippen molar-refractivity contribution in [3.8, 4) is 0 Å². The number of furan rings is 1. The second kappa shape index (κ2) is 7.69. The number of aromatic nitrogens is 3. The molecule has 0 radical (unpaired) electrons. The van der Waals surface area contributed by atoms with Gasteiger partial charge in [-0.15, -0.1) is 0 Å². The first-order valence-corrected chi connectivity index (χ1v) is 9.86. The van der Waals surface area contributed by atoms with Crippen LogP contribution in [0.5, 0.6) is 0 Å². The number of nitrogens with one attached hydrogen (secondary N) is 1. The van der Waals surface area contributed by atoms with Gasteiger partial charge in [0.15, 0.2) is 11.4 Å². The van der Waals surface area contributed by atoms with Crippen LogP contribution in [0.15, 0.2) is 28.9 Å². The third-order valence-corrected chi connectivity index (χ3v) is 5.43. The smallest absolute Gasteiger partial charge is 0.286 e. The van der Waals surface area contributed by atoms with Gasteiger partial charge in [0, 0.05) is 32.4 Å². The number of amides is 2. The Morgan fingerprint density at radius 2 is 2.17 bits per heavy atom. The van der Waals surface area contributed by atoms with E-state index in [9.17, 15) is 9.59 Å². The van der Waals surface area contributed by atoms with Crippen LogP contribution in [-0.4, -0.2) is 51.1 Å². The first-order chi connectivity index (χ1) is 13.9. The molecular formula is C21H25N5O3. The van der Waals surface area contributed by atoms with Crippen LogP contribution >= 0.6 is 0 Å². The first kappa shape index (κ1) is 19.2. The fourth-order valence-electron chi connectivity index (χ4n) is 4.06. The van der Waals surface area contributed by atoms with E-state index in [0.29, 0.717) is 31.0 Å². The maximum atomic E-state index is 13.4. The molecule has 0 spiro atoms. The molecule has 1 unspecified atom stereocenters. The van der Waals surface area contributed by atoms with Crippen molar-refractivity contribution in [1.82, 2.24) is 25.0 Å². The number of aryl methyl sites for hydroxylation is 3. The molecule has 4 rings (SSSR count). The number of carbonyl (C=O) groups excluding carboxylic acids is 2. The maximum absolute atomic E-state index is 13.4. The molecule has 152 valence electrons. The lowest BCUT2D eigenvalue weighted by molar-refractivity contribution is 0.0671. The minimum absolute atomic E-state index is 0.00124. The quantitative estimate of drug-likeness (QED) is 0.732. The zero-order valence-electron chi connectivity index (χ0n) is 16.9. The third-order valence-electron chi connectivity index (χ3n) is 5.43. The summed E-state index contributed by atoms with van der Waals surface area (Å²) in [5.74, 6) is 0.282. The van der Waals surface area contributed by atoms with Crippen molar-refractivity contribution < 1.29 is 14.0 Å². The lowest BCUT2D eigenvalue weighted by Crippen LogP contribution is -2.43. The number of rotatable bonds is 4. The Morgan fingerprint density at radius 3 is 2.93 bits per heavy atom. The molecule has 0 aliphatic carbocycles. The van der Waals surface area contributed by atoms with Crippen molar-refractivity contribution in [2.75, 3.05) is 19.6 Å². The van der Waals surface area contributed by atoms with Crippen molar-refractivity contribution in [2.45, 2.75) is 26.7 Å². The summed E-state index contributed by atoms with van der Waals surface area (Å²) in [4.78, 5) is 31.9. The van der Waals surface area contributed by atoms with Crippen molar-refractivity contribution in [2.24, 2.45) is 13.0 Å². The van der Waals surface area contributed by atoms with E-state index in [-0.39, 0.29) is 17.7 Å². The van der Waals surface area contributed by atoms with Crippen LogP contribution in [0.25, 0.3) is 11.0 Å². The van der Waals surface area contributed by atoms with E-state index in [4.69, 9.17) is 4.42 Å². The van der Waals surface area contributed by atoms with Gasteiger partial charge in [0.05, 0.1) is 22.9 Å². The predicted octanol–water partition coefficient (Wildman–Crippen LogP) is 2.46. The Hall–Kier alpha value is -3.16. The normalized spacial score (nSPS) is 16.9. The molecule has 8 heteroatoms. The van der Waals surface area contributed by atoms with Crippen molar-refractivity contribution in [3.63, 3.8) is 0 Å². The molecule has 4 heterocycles. The maximum Gasteiger partial charge on any atom is 0.286 e. The monoisotopic (exact) mass is 395 g/mol. The van der Waals surface area contributed by atoms with E-state index >= 15 is 0 Å². The predicted molar refractivity (Wildman–Crippen MR) is 108 cm³/mol. The molecule has 3 aromatic heterocycles. The Morgan fingerprint density at radius 1 is 1.34 bits per heavy atom. The van der Waals surface area contributed by atoms with E-state index in [1.54, 1.807) is 16.8 Å². The van der Waals surface area contributed by atoms with Gasteiger partial charge >= 0.3 is 0 Å². The van der Waals surface area contributed by atoms with Crippen molar-refractivity contribution in [3.05, 3.63) is 47.2 Å². The van der Waals surface area contributed by atoms with Crippen LogP contribution in [0, 0.1) is 19.8 Å². The number of piperidine rings is 1. The highest BCUT2D eigenvalue weighted by Gasteiger charge is 2.27. The van der Waals surface area contributed by atoms with Gasteiger partial charge in [-0.3, -0.25) is 14.3 Å². The number of hydrogen-bond acceptors (Lipinski definition) is 5. The summed E-state index contributed by atoms with van der Waals surface area (Å²) in [5, 5.41) is 8.16. The summed E-state index contributed by atoms with van der Waals surface area (Å²) in [6, 6.07) is 5.18. The molecule has 2 amide bonds. The zero-order valence-corrected chi connectivity index (χ0v) is 16.9. The van der Waals surface area contributed by atoms with E-state index < -0.39 is 0 Å². The Balaban J connectivity index is 1.49.